The van der Waals surface area contributed by atoms with Gasteiger partial charge in [0.05, 0.1) is 11.4 Å². The lowest BCUT2D eigenvalue weighted by molar-refractivity contribution is 0.714. The molecule has 0 saturated heterocycles. The largest absolute Gasteiger partial charge is 0.228 e. The van der Waals surface area contributed by atoms with Crippen LogP contribution < -0.4 is 0 Å². The Morgan fingerprint density at radius 2 is 1.02 bits per heavy atom. The average Bonchev–Trinajstić information content (AvgIpc) is 3.77. The van der Waals surface area contributed by atoms with Crippen LogP contribution in [-0.2, 0) is 5.41 Å². The number of nitrogens with zero attached hydrogens (tertiary/aromatic N) is 2. The van der Waals surface area contributed by atoms with Gasteiger partial charge in [0.1, 0.15) is 0 Å². The van der Waals surface area contributed by atoms with Crippen LogP contribution in [0.2, 0.25) is 0 Å². The molecule has 1 atom stereocenters. The van der Waals surface area contributed by atoms with Gasteiger partial charge in [0.25, 0.3) is 0 Å². The maximum absolute atomic E-state index is 5.34. The van der Waals surface area contributed by atoms with Crippen molar-refractivity contribution in [2.24, 2.45) is 0 Å². The lowest BCUT2D eigenvalue weighted by atomic mass is 9.74. The zero-order valence-electron chi connectivity index (χ0n) is 30.2. The highest BCUT2D eigenvalue weighted by molar-refractivity contribution is 7.26. The summed E-state index contributed by atoms with van der Waals surface area (Å²) in [6, 6.07) is 68.0. The van der Waals surface area contributed by atoms with Crippen LogP contribution in [0.5, 0.6) is 0 Å². The molecule has 0 spiro atoms. The number of thiophene rings is 1. The third kappa shape index (κ3) is 5.01. The second-order valence-electron chi connectivity index (χ2n) is 14.6. The molecule has 1 unspecified atom stereocenters. The summed E-state index contributed by atoms with van der Waals surface area (Å²) in [5.41, 5.74) is 13.6. The SMILES string of the molecule is CC1(c2ccccc2)c2ccccc2-c2cc(-c3cc(-c4ccc(-c5cccc6c5sc5ccccc56)cc4)nc(-c4cccc5ccccc45)n3)ccc21. The van der Waals surface area contributed by atoms with E-state index in [4.69, 9.17) is 9.97 Å². The van der Waals surface area contributed by atoms with Gasteiger partial charge in [-0.2, -0.15) is 0 Å². The smallest absolute Gasteiger partial charge is 0.161 e. The fourth-order valence-corrected chi connectivity index (χ4v) is 10.1. The van der Waals surface area contributed by atoms with Crippen molar-refractivity contribution < 1.29 is 0 Å². The second-order valence-corrected chi connectivity index (χ2v) is 15.7. The first-order valence-corrected chi connectivity index (χ1v) is 19.6. The molecule has 2 nitrogen and oxygen atoms in total. The van der Waals surface area contributed by atoms with Crippen LogP contribution in [0.25, 0.3) is 87.1 Å². The zero-order chi connectivity index (χ0) is 36.5. The van der Waals surface area contributed by atoms with E-state index in [-0.39, 0.29) is 5.41 Å². The van der Waals surface area contributed by atoms with Gasteiger partial charge >= 0.3 is 0 Å². The van der Waals surface area contributed by atoms with Crippen LogP contribution in [0, 0.1) is 0 Å². The van der Waals surface area contributed by atoms with Crippen molar-refractivity contribution >= 4 is 42.3 Å². The molecule has 10 aromatic rings. The van der Waals surface area contributed by atoms with Gasteiger partial charge in [-0.3, -0.25) is 0 Å². The maximum atomic E-state index is 5.34. The Bertz CT molecular complexity index is 3100. The minimum Gasteiger partial charge on any atom is -0.228 e. The molecule has 0 fully saturated rings. The molecule has 55 heavy (non-hydrogen) atoms. The Morgan fingerprint density at radius 3 is 1.89 bits per heavy atom. The van der Waals surface area contributed by atoms with E-state index in [1.165, 1.54) is 64.5 Å². The van der Waals surface area contributed by atoms with Crippen molar-refractivity contribution in [1.29, 1.82) is 0 Å². The predicted octanol–water partition coefficient (Wildman–Crippen LogP) is 14.0. The fraction of sp³-hybridized carbons (Fsp3) is 0.0385. The third-order valence-corrected chi connectivity index (χ3v) is 12.8. The average molecular weight is 719 g/mol. The first kappa shape index (κ1) is 31.8. The van der Waals surface area contributed by atoms with E-state index >= 15 is 0 Å². The first-order valence-electron chi connectivity index (χ1n) is 18.8. The molecule has 0 amide bonds. The van der Waals surface area contributed by atoms with E-state index in [0.29, 0.717) is 0 Å². The van der Waals surface area contributed by atoms with E-state index in [1.807, 2.05) is 11.3 Å². The topological polar surface area (TPSA) is 25.8 Å². The summed E-state index contributed by atoms with van der Waals surface area (Å²) in [7, 11) is 0. The Kier molecular flexibility index (Phi) is 7.20. The van der Waals surface area contributed by atoms with Crippen molar-refractivity contribution in [1.82, 2.24) is 9.97 Å². The molecular weight excluding hydrogens is 685 g/mol. The van der Waals surface area contributed by atoms with E-state index in [0.717, 1.165) is 39.3 Å². The van der Waals surface area contributed by atoms with Gasteiger partial charge in [-0.15, -0.1) is 11.3 Å². The van der Waals surface area contributed by atoms with Gasteiger partial charge in [-0.05, 0) is 74.8 Å². The summed E-state index contributed by atoms with van der Waals surface area (Å²) >= 11 is 1.87. The van der Waals surface area contributed by atoms with Crippen LogP contribution in [0.3, 0.4) is 0 Å². The van der Waals surface area contributed by atoms with Crippen LogP contribution >= 0.6 is 11.3 Å². The molecule has 0 aliphatic heterocycles. The van der Waals surface area contributed by atoms with E-state index in [1.54, 1.807) is 0 Å². The molecule has 11 rings (SSSR count). The highest BCUT2D eigenvalue weighted by atomic mass is 32.1. The van der Waals surface area contributed by atoms with Gasteiger partial charge in [0.15, 0.2) is 5.82 Å². The molecule has 258 valence electrons. The van der Waals surface area contributed by atoms with Gasteiger partial charge in [0.2, 0.25) is 0 Å². The van der Waals surface area contributed by atoms with Crippen LogP contribution in [-0.4, -0.2) is 9.97 Å². The summed E-state index contributed by atoms with van der Waals surface area (Å²) in [4.78, 5) is 10.6. The lowest BCUT2D eigenvalue weighted by Gasteiger charge is -2.28. The predicted molar refractivity (Wildman–Crippen MR) is 232 cm³/mol. The Hall–Kier alpha value is -6.68. The highest BCUT2D eigenvalue weighted by Gasteiger charge is 2.40. The quantitative estimate of drug-likeness (QED) is 0.177. The van der Waals surface area contributed by atoms with Gasteiger partial charge in [0, 0.05) is 42.3 Å². The molecule has 1 aliphatic rings. The zero-order valence-corrected chi connectivity index (χ0v) is 31.0. The van der Waals surface area contributed by atoms with Crippen molar-refractivity contribution in [3.05, 3.63) is 205 Å². The summed E-state index contributed by atoms with van der Waals surface area (Å²) < 4.78 is 2.64. The first-order chi connectivity index (χ1) is 27.1. The monoisotopic (exact) mass is 718 g/mol. The van der Waals surface area contributed by atoms with Gasteiger partial charge in [-0.25, -0.2) is 9.97 Å². The van der Waals surface area contributed by atoms with Gasteiger partial charge in [-0.1, -0.05) is 170 Å². The molecule has 3 heteroatoms. The Morgan fingerprint density at radius 1 is 0.418 bits per heavy atom. The summed E-state index contributed by atoms with van der Waals surface area (Å²) in [6.45, 7) is 2.36. The van der Waals surface area contributed by atoms with Gasteiger partial charge < -0.3 is 0 Å². The summed E-state index contributed by atoms with van der Waals surface area (Å²) in [5.74, 6) is 0.721. The van der Waals surface area contributed by atoms with Crippen molar-refractivity contribution in [3.8, 4) is 56.2 Å². The maximum Gasteiger partial charge on any atom is 0.161 e. The van der Waals surface area contributed by atoms with Crippen molar-refractivity contribution in [2.75, 3.05) is 0 Å². The molecule has 0 radical (unpaired) electrons. The number of benzene rings is 8. The third-order valence-electron chi connectivity index (χ3n) is 11.6. The molecule has 2 heterocycles. The number of hydrogen-bond donors (Lipinski definition) is 0. The summed E-state index contributed by atoms with van der Waals surface area (Å²) in [6.07, 6.45) is 0. The van der Waals surface area contributed by atoms with Crippen LogP contribution in [0.1, 0.15) is 23.6 Å². The summed E-state index contributed by atoms with van der Waals surface area (Å²) in [5, 5.41) is 4.93. The Labute approximate surface area is 324 Å². The van der Waals surface area contributed by atoms with Crippen LogP contribution in [0.15, 0.2) is 188 Å². The molecule has 2 aromatic heterocycles. The normalized spacial score (nSPS) is 14.7. The molecule has 8 aromatic carbocycles. The van der Waals surface area contributed by atoms with Crippen LogP contribution in [0.4, 0.5) is 0 Å². The number of aromatic nitrogens is 2. The Balaban J connectivity index is 1.07. The lowest BCUT2D eigenvalue weighted by Crippen LogP contribution is -2.22. The molecule has 1 aliphatic carbocycles. The van der Waals surface area contributed by atoms with Crippen molar-refractivity contribution in [2.45, 2.75) is 12.3 Å². The van der Waals surface area contributed by atoms with E-state index < -0.39 is 0 Å². The standard InChI is InChI=1S/C52H34N2S/c1-52(37-15-3-2-4-16-37)45-23-9-7-18-40(45)44-31-36(29-30-46(44)52)48-32-47(53-51(54-48)43-22-11-14-33-13-5-6-17-38(33)43)35-27-25-34(26-28-35)39-20-12-21-42-41-19-8-10-24-49(41)55-50(39)42/h2-32H,1H3. The minimum absolute atomic E-state index is 0.251. The number of rotatable bonds is 5. The molecule has 0 saturated carbocycles. The molecule has 0 bridgehead atoms. The van der Waals surface area contributed by atoms with E-state index in [9.17, 15) is 0 Å². The molecule has 0 N–H and O–H groups in total. The highest BCUT2D eigenvalue weighted by Crippen LogP contribution is 2.53. The number of hydrogen-bond acceptors (Lipinski definition) is 3. The molecular formula is C52H34N2S. The number of fused-ring (bicyclic) bond motifs is 7. The van der Waals surface area contributed by atoms with E-state index in [2.05, 4.69) is 195 Å². The minimum atomic E-state index is -0.251. The van der Waals surface area contributed by atoms with Crippen molar-refractivity contribution in [3.63, 3.8) is 0 Å². The second kappa shape index (κ2) is 12.4. The fourth-order valence-electron chi connectivity index (χ4n) is 8.82.